The van der Waals surface area contributed by atoms with Crippen LogP contribution in [-0.4, -0.2) is 53.7 Å². The molecule has 1 aromatic rings. The summed E-state index contributed by atoms with van der Waals surface area (Å²) in [7, 11) is 0. The Hall–Kier alpha value is -0.780. The number of carbonyl (C=O) groups excluding carboxylic acids is 1. The minimum Gasteiger partial charge on any atom is -0.444 e. The monoisotopic (exact) mass is 416 g/mol. The van der Waals surface area contributed by atoms with Crippen LogP contribution in [0.1, 0.15) is 33.3 Å². The molecule has 1 unspecified atom stereocenters. The van der Waals surface area contributed by atoms with Crippen LogP contribution in [0.15, 0.2) is 22.7 Å². The Morgan fingerprint density at radius 1 is 1.38 bits per heavy atom. The van der Waals surface area contributed by atoms with Crippen molar-refractivity contribution >= 4 is 33.6 Å². The lowest BCUT2D eigenvalue weighted by molar-refractivity contribution is 0.00598. The molecule has 1 aromatic carbocycles. The zero-order valence-electron chi connectivity index (χ0n) is 14.8. The highest BCUT2D eigenvalue weighted by Crippen LogP contribution is 2.22. The zero-order chi connectivity index (χ0) is 17.9. The van der Waals surface area contributed by atoms with E-state index in [1.165, 1.54) is 0 Å². The van der Waals surface area contributed by atoms with Gasteiger partial charge in [0.05, 0.1) is 0 Å². The van der Waals surface area contributed by atoms with Crippen LogP contribution in [0.3, 0.4) is 0 Å². The molecule has 1 fully saturated rings. The molecule has 1 heterocycles. The van der Waals surface area contributed by atoms with Gasteiger partial charge in [0.15, 0.2) is 0 Å². The van der Waals surface area contributed by atoms with E-state index in [9.17, 15) is 4.79 Å². The van der Waals surface area contributed by atoms with Crippen LogP contribution in [0.5, 0.6) is 0 Å². The summed E-state index contributed by atoms with van der Waals surface area (Å²) >= 11 is 9.76. The number of amides is 1. The van der Waals surface area contributed by atoms with Gasteiger partial charge in [-0.15, -0.1) is 0 Å². The molecule has 0 radical (unpaired) electrons. The molecule has 0 spiro atoms. The van der Waals surface area contributed by atoms with Crippen molar-refractivity contribution in [3.8, 4) is 0 Å². The lowest BCUT2D eigenvalue weighted by Gasteiger charge is -2.40. The number of benzene rings is 1. The third-order valence-corrected chi connectivity index (χ3v) is 4.95. The minimum absolute atomic E-state index is 0.218. The second-order valence-corrected chi connectivity index (χ2v) is 8.62. The smallest absolute Gasteiger partial charge is 0.410 e. The van der Waals surface area contributed by atoms with E-state index in [4.69, 9.17) is 16.3 Å². The molecule has 4 nitrogen and oxygen atoms in total. The van der Waals surface area contributed by atoms with Gasteiger partial charge in [-0.1, -0.05) is 27.5 Å². The third-order valence-electron chi connectivity index (χ3n) is 4.09. The molecule has 0 aliphatic carbocycles. The van der Waals surface area contributed by atoms with Gasteiger partial charge < -0.3 is 9.64 Å². The van der Waals surface area contributed by atoms with Gasteiger partial charge >= 0.3 is 6.09 Å². The SMILES string of the molecule is CC1CN(C(=O)OC(C)(C)C)CCN1CCc1cc(Br)ccc1Cl. The molecular formula is C18H26BrClN2O2. The first-order chi connectivity index (χ1) is 11.2. The first-order valence-corrected chi connectivity index (χ1v) is 9.49. The van der Waals surface area contributed by atoms with Crippen molar-refractivity contribution in [2.75, 3.05) is 26.2 Å². The highest BCUT2D eigenvalue weighted by atomic mass is 79.9. The van der Waals surface area contributed by atoms with Crippen molar-refractivity contribution in [1.29, 1.82) is 0 Å². The quantitative estimate of drug-likeness (QED) is 0.721. The summed E-state index contributed by atoms with van der Waals surface area (Å²) in [6.07, 6.45) is 0.679. The van der Waals surface area contributed by atoms with Crippen molar-refractivity contribution in [2.45, 2.75) is 45.8 Å². The van der Waals surface area contributed by atoms with E-state index in [1.54, 1.807) is 4.90 Å². The van der Waals surface area contributed by atoms with Gasteiger partial charge in [-0.05, 0) is 57.9 Å². The van der Waals surface area contributed by atoms with Gasteiger partial charge in [0.1, 0.15) is 5.60 Å². The molecule has 6 heteroatoms. The lowest BCUT2D eigenvalue weighted by Crippen LogP contribution is -2.54. The highest BCUT2D eigenvalue weighted by Gasteiger charge is 2.29. The lowest BCUT2D eigenvalue weighted by atomic mass is 10.1. The molecule has 2 rings (SSSR count). The van der Waals surface area contributed by atoms with Crippen molar-refractivity contribution in [2.24, 2.45) is 0 Å². The minimum atomic E-state index is -0.450. The summed E-state index contributed by atoms with van der Waals surface area (Å²) in [6.45, 7) is 11.0. The Morgan fingerprint density at radius 3 is 2.71 bits per heavy atom. The average molecular weight is 418 g/mol. The van der Waals surface area contributed by atoms with E-state index in [0.29, 0.717) is 19.1 Å². The average Bonchev–Trinajstić information content (AvgIpc) is 2.47. The summed E-state index contributed by atoms with van der Waals surface area (Å²) in [4.78, 5) is 16.4. The Balaban J connectivity index is 1.87. The molecule has 0 N–H and O–H groups in total. The molecule has 1 atom stereocenters. The molecule has 24 heavy (non-hydrogen) atoms. The normalized spacial score (nSPS) is 19.4. The van der Waals surface area contributed by atoms with Crippen LogP contribution in [0.2, 0.25) is 5.02 Å². The second kappa shape index (κ2) is 8.07. The molecule has 1 aliphatic rings. The predicted molar refractivity (Wildman–Crippen MR) is 102 cm³/mol. The Kier molecular flexibility index (Phi) is 6.57. The predicted octanol–water partition coefficient (Wildman–Crippen LogP) is 4.59. The summed E-state index contributed by atoms with van der Waals surface area (Å²) in [5.41, 5.74) is 0.697. The van der Waals surface area contributed by atoms with E-state index in [-0.39, 0.29) is 6.09 Å². The summed E-state index contributed by atoms with van der Waals surface area (Å²) in [6, 6.07) is 6.25. The van der Waals surface area contributed by atoms with Gasteiger partial charge in [-0.25, -0.2) is 4.79 Å². The summed E-state index contributed by atoms with van der Waals surface area (Å²) in [5.74, 6) is 0. The molecule has 134 valence electrons. The molecular weight excluding hydrogens is 392 g/mol. The number of rotatable bonds is 3. The third kappa shape index (κ3) is 5.64. The fourth-order valence-electron chi connectivity index (χ4n) is 2.82. The fourth-order valence-corrected chi connectivity index (χ4v) is 3.44. The fraction of sp³-hybridized carbons (Fsp3) is 0.611. The largest absolute Gasteiger partial charge is 0.444 e. The molecule has 0 bridgehead atoms. The van der Waals surface area contributed by atoms with Crippen LogP contribution in [0.25, 0.3) is 0 Å². The maximum Gasteiger partial charge on any atom is 0.410 e. The van der Waals surface area contributed by atoms with Gasteiger partial charge in [-0.2, -0.15) is 0 Å². The van der Waals surface area contributed by atoms with Crippen molar-refractivity contribution in [3.05, 3.63) is 33.3 Å². The molecule has 1 aliphatic heterocycles. The van der Waals surface area contributed by atoms with Crippen molar-refractivity contribution in [1.82, 2.24) is 9.80 Å². The second-order valence-electron chi connectivity index (χ2n) is 7.30. The Labute approximate surface area is 158 Å². The van der Waals surface area contributed by atoms with Gasteiger partial charge in [0.2, 0.25) is 0 Å². The number of nitrogens with zero attached hydrogens (tertiary/aromatic N) is 2. The number of piperazine rings is 1. The van der Waals surface area contributed by atoms with Crippen LogP contribution < -0.4 is 0 Å². The van der Waals surface area contributed by atoms with E-state index < -0.39 is 5.60 Å². The maximum atomic E-state index is 12.2. The van der Waals surface area contributed by atoms with E-state index in [0.717, 1.165) is 34.6 Å². The van der Waals surface area contributed by atoms with E-state index >= 15 is 0 Å². The van der Waals surface area contributed by atoms with Crippen LogP contribution in [0, 0.1) is 0 Å². The van der Waals surface area contributed by atoms with Crippen molar-refractivity contribution in [3.63, 3.8) is 0 Å². The Bertz CT molecular complexity index is 589. The zero-order valence-corrected chi connectivity index (χ0v) is 17.2. The summed E-state index contributed by atoms with van der Waals surface area (Å²) in [5, 5.41) is 0.804. The first-order valence-electron chi connectivity index (χ1n) is 8.31. The van der Waals surface area contributed by atoms with Gasteiger partial charge in [0.25, 0.3) is 0 Å². The van der Waals surface area contributed by atoms with Crippen LogP contribution >= 0.6 is 27.5 Å². The maximum absolute atomic E-state index is 12.2. The number of ether oxygens (including phenoxy) is 1. The standard InChI is InChI=1S/C18H26BrClN2O2/c1-13-12-22(17(23)24-18(2,3)4)10-9-21(13)8-7-14-11-15(19)5-6-16(14)20/h5-6,11,13H,7-10,12H2,1-4H3. The highest BCUT2D eigenvalue weighted by molar-refractivity contribution is 9.10. The van der Waals surface area contributed by atoms with Gasteiger partial charge in [-0.3, -0.25) is 4.90 Å². The Morgan fingerprint density at radius 2 is 2.08 bits per heavy atom. The van der Waals surface area contributed by atoms with E-state index in [1.807, 2.05) is 32.9 Å². The molecule has 1 amide bonds. The van der Waals surface area contributed by atoms with Crippen LogP contribution in [0.4, 0.5) is 4.79 Å². The number of hydrogen-bond donors (Lipinski definition) is 0. The summed E-state index contributed by atoms with van der Waals surface area (Å²) < 4.78 is 6.51. The van der Waals surface area contributed by atoms with Crippen LogP contribution in [-0.2, 0) is 11.2 Å². The number of halogens is 2. The number of carbonyl (C=O) groups is 1. The topological polar surface area (TPSA) is 32.8 Å². The first kappa shape index (κ1) is 19.5. The molecule has 0 saturated carbocycles. The van der Waals surface area contributed by atoms with Gasteiger partial charge in [0, 0.05) is 41.7 Å². The number of hydrogen-bond acceptors (Lipinski definition) is 3. The van der Waals surface area contributed by atoms with E-state index in [2.05, 4.69) is 33.8 Å². The van der Waals surface area contributed by atoms with Crippen molar-refractivity contribution < 1.29 is 9.53 Å². The molecule has 1 saturated heterocycles. The molecule has 0 aromatic heterocycles.